The third-order valence-electron chi connectivity index (χ3n) is 4.83. The summed E-state index contributed by atoms with van der Waals surface area (Å²) in [6, 6.07) is 5.73. The maximum atomic E-state index is 12.2. The standard InChI is InChI=1S/C18H23N5O2/c1-22-6-8-23(9-7-22)17-10-13(4-5-19-17)12-20-18(24)15-11-16(25-21-15)14-2-3-14/h4-5,10-11,14H,2-3,6-9,12H2,1H3,(H,20,24). The number of anilines is 1. The largest absolute Gasteiger partial charge is 0.360 e. The second-order valence-corrected chi connectivity index (χ2v) is 6.88. The van der Waals surface area contributed by atoms with Gasteiger partial charge in [-0.05, 0) is 37.6 Å². The average Bonchev–Trinajstić information content (AvgIpc) is 3.37. The van der Waals surface area contributed by atoms with E-state index in [1.807, 2.05) is 12.1 Å². The van der Waals surface area contributed by atoms with Gasteiger partial charge in [0.25, 0.3) is 5.91 Å². The smallest absolute Gasteiger partial charge is 0.273 e. The monoisotopic (exact) mass is 341 g/mol. The molecule has 1 saturated carbocycles. The predicted molar refractivity (Wildman–Crippen MR) is 93.6 cm³/mol. The van der Waals surface area contributed by atoms with Gasteiger partial charge >= 0.3 is 0 Å². The molecule has 7 nitrogen and oxygen atoms in total. The van der Waals surface area contributed by atoms with Gasteiger partial charge in [0.1, 0.15) is 11.6 Å². The van der Waals surface area contributed by atoms with Crippen LogP contribution in [0.25, 0.3) is 0 Å². The second kappa shape index (κ2) is 6.84. The van der Waals surface area contributed by atoms with Gasteiger partial charge in [-0.15, -0.1) is 0 Å². The lowest BCUT2D eigenvalue weighted by Crippen LogP contribution is -2.44. The topological polar surface area (TPSA) is 74.5 Å². The number of pyridine rings is 1. The zero-order valence-electron chi connectivity index (χ0n) is 14.4. The lowest BCUT2D eigenvalue weighted by Gasteiger charge is -2.33. The molecule has 3 heterocycles. The Balaban J connectivity index is 1.35. The molecular formula is C18H23N5O2. The van der Waals surface area contributed by atoms with Gasteiger partial charge in [0.15, 0.2) is 5.69 Å². The average molecular weight is 341 g/mol. The minimum Gasteiger partial charge on any atom is -0.360 e. The molecule has 0 radical (unpaired) electrons. The van der Waals surface area contributed by atoms with Crippen molar-refractivity contribution in [3.63, 3.8) is 0 Å². The highest BCUT2D eigenvalue weighted by Gasteiger charge is 2.28. The van der Waals surface area contributed by atoms with Crippen LogP contribution in [0.3, 0.4) is 0 Å². The van der Waals surface area contributed by atoms with Crippen LogP contribution in [0.15, 0.2) is 28.9 Å². The highest BCUT2D eigenvalue weighted by Crippen LogP contribution is 2.40. The van der Waals surface area contributed by atoms with Crippen molar-refractivity contribution >= 4 is 11.7 Å². The summed E-state index contributed by atoms with van der Waals surface area (Å²) >= 11 is 0. The van der Waals surface area contributed by atoms with E-state index in [0.29, 0.717) is 18.2 Å². The molecule has 1 amide bonds. The van der Waals surface area contributed by atoms with Crippen molar-refractivity contribution in [1.29, 1.82) is 0 Å². The molecule has 4 rings (SSSR count). The van der Waals surface area contributed by atoms with E-state index in [1.165, 1.54) is 0 Å². The van der Waals surface area contributed by atoms with Crippen LogP contribution in [0.1, 0.15) is 40.6 Å². The quantitative estimate of drug-likeness (QED) is 0.891. The molecule has 132 valence electrons. The summed E-state index contributed by atoms with van der Waals surface area (Å²) < 4.78 is 5.24. The predicted octanol–water partition coefficient (Wildman–Crippen LogP) is 1.63. The molecule has 7 heteroatoms. The second-order valence-electron chi connectivity index (χ2n) is 6.88. The van der Waals surface area contributed by atoms with Crippen LogP contribution in [0.5, 0.6) is 0 Å². The number of nitrogens with one attached hydrogen (secondary N) is 1. The Morgan fingerprint density at radius 1 is 1.28 bits per heavy atom. The first-order valence-electron chi connectivity index (χ1n) is 8.82. The molecule has 1 saturated heterocycles. The summed E-state index contributed by atoms with van der Waals surface area (Å²) in [5, 5.41) is 6.78. The van der Waals surface area contributed by atoms with Gasteiger partial charge in [-0.25, -0.2) is 4.98 Å². The van der Waals surface area contributed by atoms with Crippen molar-refractivity contribution in [2.24, 2.45) is 0 Å². The summed E-state index contributed by atoms with van der Waals surface area (Å²) in [5.41, 5.74) is 1.39. The van der Waals surface area contributed by atoms with Gasteiger partial charge in [-0.1, -0.05) is 5.16 Å². The first kappa shape index (κ1) is 16.1. The Labute approximate surface area is 147 Å². The molecule has 1 N–H and O–H groups in total. The molecule has 2 fully saturated rings. The normalized spacial score (nSPS) is 18.4. The number of carbonyl (C=O) groups excluding carboxylic acids is 1. The molecule has 2 aliphatic rings. The van der Waals surface area contributed by atoms with E-state index < -0.39 is 0 Å². The highest BCUT2D eigenvalue weighted by molar-refractivity contribution is 5.92. The highest BCUT2D eigenvalue weighted by atomic mass is 16.5. The number of amides is 1. The van der Waals surface area contributed by atoms with E-state index in [1.54, 1.807) is 12.3 Å². The maximum Gasteiger partial charge on any atom is 0.273 e. The van der Waals surface area contributed by atoms with Crippen LogP contribution in [0, 0.1) is 0 Å². The van der Waals surface area contributed by atoms with Crippen LogP contribution >= 0.6 is 0 Å². The van der Waals surface area contributed by atoms with Crippen LogP contribution in [0.4, 0.5) is 5.82 Å². The summed E-state index contributed by atoms with van der Waals surface area (Å²) in [6.07, 6.45) is 4.06. The molecule has 1 aliphatic heterocycles. The van der Waals surface area contributed by atoms with Gasteiger partial charge in [-0.3, -0.25) is 4.79 Å². The van der Waals surface area contributed by atoms with E-state index in [2.05, 4.69) is 32.3 Å². The van der Waals surface area contributed by atoms with Crippen LogP contribution in [0.2, 0.25) is 0 Å². The first-order valence-corrected chi connectivity index (χ1v) is 8.82. The lowest BCUT2D eigenvalue weighted by molar-refractivity contribution is 0.0941. The van der Waals surface area contributed by atoms with E-state index in [9.17, 15) is 4.79 Å². The van der Waals surface area contributed by atoms with E-state index >= 15 is 0 Å². The summed E-state index contributed by atoms with van der Waals surface area (Å²) in [7, 11) is 2.13. The number of piperazine rings is 1. The third-order valence-corrected chi connectivity index (χ3v) is 4.83. The Morgan fingerprint density at radius 3 is 2.84 bits per heavy atom. The Morgan fingerprint density at radius 2 is 2.08 bits per heavy atom. The molecule has 2 aromatic heterocycles. The molecule has 0 unspecified atom stereocenters. The number of hydrogen-bond acceptors (Lipinski definition) is 6. The first-order chi connectivity index (χ1) is 12.2. The van der Waals surface area contributed by atoms with Crippen molar-refractivity contribution in [1.82, 2.24) is 20.4 Å². The number of aromatic nitrogens is 2. The summed E-state index contributed by atoms with van der Waals surface area (Å²) in [4.78, 5) is 21.3. The molecule has 0 atom stereocenters. The number of nitrogens with zero attached hydrogens (tertiary/aromatic N) is 4. The van der Waals surface area contributed by atoms with Crippen molar-refractivity contribution in [3.8, 4) is 0 Å². The minimum absolute atomic E-state index is 0.200. The van der Waals surface area contributed by atoms with Crippen molar-refractivity contribution in [3.05, 3.63) is 41.4 Å². The Hall–Kier alpha value is -2.41. The van der Waals surface area contributed by atoms with Crippen molar-refractivity contribution in [2.75, 3.05) is 38.1 Å². The zero-order chi connectivity index (χ0) is 17.2. The summed E-state index contributed by atoms with van der Waals surface area (Å²) in [6.45, 7) is 4.48. The fourth-order valence-corrected chi connectivity index (χ4v) is 3.01. The number of carbonyl (C=O) groups is 1. The third kappa shape index (κ3) is 3.82. The molecule has 0 spiro atoms. The number of rotatable bonds is 5. The van der Waals surface area contributed by atoms with Gasteiger partial charge < -0.3 is 19.6 Å². The van der Waals surface area contributed by atoms with Crippen LogP contribution < -0.4 is 10.2 Å². The van der Waals surface area contributed by atoms with E-state index in [-0.39, 0.29) is 5.91 Å². The van der Waals surface area contributed by atoms with Gasteiger partial charge in [0.05, 0.1) is 0 Å². The SMILES string of the molecule is CN1CCN(c2cc(CNC(=O)c3cc(C4CC4)on3)ccn2)CC1. The molecule has 1 aliphatic carbocycles. The Kier molecular flexibility index (Phi) is 4.40. The van der Waals surface area contributed by atoms with E-state index in [4.69, 9.17) is 4.52 Å². The molecular weight excluding hydrogens is 318 g/mol. The fourth-order valence-electron chi connectivity index (χ4n) is 3.01. The van der Waals surface area contributed by atoms with Crippen LogP contribution in [-0.4, -0.2) is 54.2 Å². The molecule has 25 heavy (non-hydrogen) atoms. The number of likely N-dealkylation sites (N-methyl/N-ethyl adjacent to an activating group) is 1. The van der Waals surface area contributed by atoms with E-state index in [0.717, 1.165) is 56.2 Å². The molecule has 0 aromatic carbocycles. The van der Waals surface area contributed by atoms with Crippen molar-refractivity contribution in [2.45, 2.75) is 25.3 Å². The van der Waals surface area contributed by atoms with Gasteiger partial charge in [-0.2, -0.15) is 0 Å². The molecule has 0 bridgehead atoms. The minimum atomic E-state index is -0.200. The number of hydrogen-bond donors (Lipinski definition) is 1. The van der Waals surface area contributed by atoms with Crippen molar-refractivity contribution < 1.29 is 9.32 Å². The van der Waals surface area contributed by atoms with Crippen LogP contribution in [-0.2, 0) is 6.54 Å². The summed E-state index contributed by atoms with van der Waals surface area (Å²) in [5.74, 6) is 2.05. The Bertz CT molecular complexity index is 747. The maximum absolute atomic E-state index is 12.2. The molecule has 2 aromatic rings. The van der Waals surface area contributed by atoms with Gasteiger partial charge in [0, 0.05) is 50.9 Å². The lowest BCUT2D eigenvalue weighted by atomic mass is 10.2. The zero-order valence-corrected chi connectivity index (χ0v) is 14.4. The fraction of sp³-hybridized carbons (Fsp3) is 0.500. The van der Waals surface area contributed by atoms with Gasteiger partial charge in [0.2, 0.25) is 0 Å².